The quantitative estimate of drug-likeness (QED) is 0.461. The summed E-state index contributed by atoms with van der Waals surface area (Å²) in [6, 6.07) is 24.2. The molecule has 172 valence electrons. The van der Waals surface area contributed by atoms with Gasteiger partial charge in [0.05, 0.1) is 17.2 Å². The van der Waals surface area contributed by atoms with Crippen LogP contribution in [-0.2, 0) is 14.1 Å². The molecular weight excluding hydrogens is 442 g/mol. The van der Waals surface area contributed by atoms with Crippen LogP contribution in [0.25, 0.3) is 0 Å². The fourth-order valence-corrected chi connectivity index (χ4v) is 5.09. The van der Waals surface area contributed by atoms with E-state index in [0.717, 1.165) is 15.7 Å². The second-order valence-corrected chi connectivity index (χ2v) is 8.79. The lowest BCUT2D eigenvalue weighted by Gasteiger charge is -2.30. The Bertz CT molecular complexity index is 1650. The standard InChI is InChI=1S/C28H21N3O4/c1-30-26-23(27(33)31(2)28(30)34)21(22-24(29-26)19-10-6-7-11-20(19)25(22)32)16-12-14-18(15-13-16)35-17-8-4-3-5-9-17/h3-15,21-22H,1-2H3/t21-,22-/m0/s1. The second-order valence-electron chi connectivity index (χ2n) is 8.79. The summed E-state index contributed by atoms with van der Waals surface area (Å²) in [5.41, 5.74) is 2.15. The summed E-state index contributed by atoms with van der Waals surface area (Å²) < 4.78 is 8.38. The molecule has 0 radical (unpaired) electrons. The molecule has 2 atom stereocenters. The smallest absolute Gasteiger partial charge is 0.332 e. The average molecular weight is 463 g/mol. The molecule has 7 nitrogen and oxygen atoms in total. The van der Waals surface area contributed by atoms with Gasteiger partial charge in [0, 0.05) is 31.1 Å². The Kier molecular flexibility index (Phi) is 4.67. The molecule has 0 spiro atoms. The van der Waals surface area contributed by atoms with Crippen molar-refractivity contribution in [2.24, 2.45) is 25.0 Å². The Morgan fingerprint density at radius 3 is 2.06 bits per heavy atom. The number of hydrogen-bond donors (Lipinski definition) is 0. The summed E-state index contributed by atoms with van der Waals surface area (Å²) in [5, 5.41) is 0. The van der Waals surface area contributed by atoms with Gasteiger partial charge < -0.3 is 4.74 Å². The zero-order chi connectivity index (χ0) is 24.3. The van der Waals surface area contributed by atoms with Crippen molar-refractivity contribution in [3.05, 3.63) is 122 Å². The van der Waals surface area contributed by atoms with E-state index in [1.807, 2.05) is 72.8 Å². The molecule has 0 unspecified atom stereocenters. The zero-order valence-electron chi connectivity index (χ0n) is 19.1. The number of ether oxygens (including phenoxy) is 1. The number of aromatic nitrogens is 2. The first-order valence-electron chi connectivity index (χ1n) is 11.3. The van der Waals surface area contributed by atoms with Crippen LogP contribution in [0.1, 0.15) is 33.0 Å². The van der Waals surface area contributed by atoms with Gasteiger partial charge in [-0.3, -0.25) is 18.7 Å². The minimum atomic E-state index is -0.647. The van der Waals surface area contributed by atoms with Gasteiger partial charge in [0.1, 0.15) is 17.3 Å². The van der Waals surface area contributed by atoms with Gasteiger partial charge in [-0.05, 0) is 29.8 Å². The van der Waals surface area contributed by atoms with Crippen LogP contribution < -0.4 is 16.0 Å². The van der Waals surface area contributed by atoms with Gasteiger partial charge in [-0.25, -0.2) is 9.79 Å². The highest BCUT2D eigenvalue weighted by Crippen LogP contribution is 2.46. The molecule has 1 aliphatic heterocycles. The van der Waals surface area contributed by atoms with E-state index in [1.54, 1.807) is 13.1 Å². The van der Waals surface area contributed by atoms with Crippen LogP contribution >= 0.6 is 0 Å². The summed E-state index contributed by atoms with van der Waals surface area (Å²) >= 11 is 0. The van der Waals surface area contributed by atoms with E-state index >= 15 is 0 Å². The molecule has 0 saturated carbocycles. The SMILES string of the molecule is Cn1c2c(c(=O)n(C)c1=O)[C@@H](c1ccc(Oc3ccccc3)cc1)[C@@H]1C(=O)c3ccccc3C1=N2. The summed E-state index contributed by atoms with van der Waals surface area (Å²) in [6.07, 6.45) is 0. The number of nitrogens with zero attached hydrogens (tertiary/aromatic N) is 3. The molecule has 2 aliphatic rings. The van der Waals surface area contributed by atoms with Crippen molar-refractivity contribution in [3.63, 3.8) is 0 Å². The van der Waals surface area contributed by atoms with E-state index < -0.39 is 23.1 Å². The molecule has 7 heteroatoms. The van der Waals surface area contributed by atoms with Gasteiger partial charge in [-0.2, -0.15) is 0 Å². The van der Waals surface area contributed by atoms with Crippen molar-refractivity contribution < 1.29 is 9.53 Å². The van der Waals surface area contributed by atoms with Crippen LogP contribution in [0.5, 0.6) is 11.5 Å². The minimum absolute atomic E-state index is 0.0736. The first-order valence-corrected chi connectivity index (χ1v) is 11.3. The van der Waals surface area contributed by atoms with Crippen LogP contribution in [0, 0.1) is 5.92 Å². The molecule has 0 bridgehead atoms. The predicted octanol–water partition coefficient (Wildman–Crippen LogP) is 3.96. The number of Topliss-reactive ketones (excluding diaryl/α,β-unsaturated/α-hetero) is 1. The number of ketones is 1. The Morgan fingerprint density at radius 1 is 0.714 bits per heavy atom. The van der Waals surface area contributed by atoms with Crippen LogP contribution in [-0.4, -0.2) is 20.6 Å². The lowest BCUT2D eigenvalue weighted by Crippen LogP contribution is -2.43. The molecule has 0 amide bonds. The van der Waals surface area contributed by atoms with Crippen molar-refractivity contribution in [1.29, 1.82) is 0 Å². The number of aliphatic imine (C=N–C) groups is 1. The number of rotatable bonds is 3. The van der Waals surface area contributed by atoms with Gasteiger partial charge in [0.2, 0.25) is 0 Å². The molecular formula is C28H21N3O4. The molecule has 1 aliphatic carbocycles. The van der Waals surface area contributed by atoms with Crippen molar-refractivity contribution in [3.8, 4) is 11.5 Å². The number of carbonyl (C=O) groups is 1. The normalized spacial score (nSPS) is 17.9. The molecule has 2 heterocycles. The molecule has 3 aromatic carbocycles. The van der Waals surface area contributed by atoms with Crippen LogP contribution in [0.15, 0.2) is 93.4 Å². The molecule has 4 aromatic rings. The summed E-state index contributed by atoms with van der Waals surface area (Å²) in [7, 11) is 3.05. The topological polar surface area (TPSA) is 82.7 Å². The fourth-order valence-electron chi connectivity index (χ4n) is 5.09. The minimum Gasteiger partial charge on any atom is -0.457 e. The van der Waals surface area contributed by atoms with Crippen LogP contribution in [0.2, 0.25) is 0 Å². The maximum Gasteiger partial charge on any atom is 0.332 e. The Balaban J connectivity index is 1.54. The number of benzene rings is 3. The number of fused-ring (bicyclic) bond motifs is 4. The van der Waals surface area contributed by atoms with Gasteiger partial charge >= 0.3 is 5.69 Å². The fraction of sp³-hybridized carbons (Fsp3) is 0.143. The Morgan fingerprint density at radius 2 is 1.34 bits per heavy atom. The predicted molar refractivity (Wildman–Crippen MR) is 132 cm³/mol. The van der Waals surface area contributed by atoms with Gasteiger partial charge in [-0.1, -0.05) is 54.6 Å². The number of para-hydroxylation sites is 1. The van der Waals surface area contributed by atoms with Crippen molar-refractivity contribution in [2.75, 3.05) is 0 Å². The molecule has 0 saturated heterocycles. The van der Waals surface area contributed by atoms with Gasteiger partial charge in [0.25, 0.3) is 5.56 Å². The number of hydrogen-bond acceptors (Lipinski definition) is 5. The lowest BCUT2D eigenvalue weighted by molar-refractivity contribution is 0.0953. The van der Waals surface area contributed by atoms with E-state index in [-0.39, 0.29) is 5.78 Å². The molecule has 1 aromatic heterocycles. The summed E-state index contributed by atoms with van der Waals surface area (Å²) in [5.74, 6) is 0.334. The van der Waals surface area contributed by atoms with E-state index in [9.17, 15) is 14.4 Å². The average Bonchev–Trinajstić information content (AvgIpc) is 3.18. The lowest BCUT2D eigenvalue weighted by atomic mass is 9.76. The highest BCUT2D eigenvalue weighted by Gasteiger charge is 2.47. The number of carbonyl (C=O) groups excluding carboxylic acids is 1. The van der Waals surface area contributed by atoms with Crippen molar-refractivity contribution >= 4 is 17.3 Å². The monoisotopic (exact) mass is 463 g/mol. The van der Waals surface area contributed by atoms with E-state index in [1.165, 1.54) is 11.6 Å². The Labute approximate surface area is 200 Å². The first kappa shape index (κ1) is 21.0. The van der Waals surface area contributed by atoms with E-state index in [0.29, 0.717) is 34.2 Å². The molecule has 6 rings (SSSR count). The largest absolute Gasteiger partial charge is 0.457 e. The third-order valence-corrected chi connectivity index (χ3v) is 6.80. The van der Waals surface area contributed by atoms with Crippen LogP contribution in [0.4, 0.5) is 5.82 Å². The zero-order valence-corrected chi connectivity index (χ0v) is 19.1. The van der Waals surface area contributed by atoms with Crippen LogP contribution in [0.3, 0.4) is 0 Å². The highest BCUT2D eigenvalue weighted by molar-refractivity contribution is 6.30. The Hall–Kier alpha value is -4.52. The van der Waals surface area contributed by atoms with Gasteiger partial charge in [0.15, 0.2) is 5.78 Å². The first-order chi connectivity index (χ1) is 17.0. The molecule has 35 heavy (non-hydrogen) atoms. The highest BCUT2D eigenvalue weighted by atomic mass is 16.5. The van der Waals surface area contributed by atoms with Crippen molar-refractivity contribution in [1.82, 2.24) is 9.13 Å². The molecule has 0 N–H and O–H groups in total. The molecule has 0 fully saturated rings. The maximum atomic E-state index is 13.6. The third-order valence-electron chi connectivity index (χ3n) is 6.80. The van der Waals surface area contributed by atoms with E-state index in [2.05, 4.69) is 0 Å². The van der Waals surface area contributed by atoms with E-state index in [4.69, 9.17) is 9.73 Å². The maximum absolute atomic E-state index is 13.6. The third kappa shape index (κ3) is 3.12. The summed E-state index contributed by atoms with van der Waals surface area (Å²) in [4.78, 5) is 44.4. The van der Waals surface area contributed by atoms with Gasteiger partial charge in [-0.15, -0.1) is 0 Å². The van der Waals surface area contributed by atoms with Crippen molar-refractivity contribution in [2.45, 2.75) is 5.92 Å². The summed E-state index contributed by atoms with van der Waals surface area (Å²) in [6.45, 7) is 0. The second kappa shape index (κ2) is 7.77.